The molecule has 0 bridgehead atoms. The molecule has 2 amide bonds. The lowest BCUT2D eigenvalue weighted by Crippen LogP contribution is -2.47. The molecule has 0 aromatic rings. The molecule has 20 heavy (non-hydrogen) atoms. The summed E-state index contributed by atoms with van der Waals surface area (Å²) in [6.07, 6.45) is 6.16. The second-order valence-corrected chi connectivity index (χ2v) is 5.25. The van der Waals surface area contributed by atoms with Crippen molar-refractivity contribution in [3.8, 4) is 0 Å². The Morgan fingerprint density at radius 3 is 2.35 bits per heavy atom. The van der Waals surface area contributed by atoms with Crippen LogP contribution in [0.5, 0.6) is 0 Å². The van der Waals surface area contributed by atoms with Crippen molar-refractivity contribution in [2.45, 2.75) is 51.0 Å². The van der Waals surface area contributed by atoms with Crippen molar-refractivity contribution in [2.24, 2.45) is 28.1 Å². The first-order valence-electron chi connectivity index (χ1n) is 7.15. The molecule has 1 rings (SSSR count). The Balaban J connectivity index is 2.39. The summed E-state index contributed by atoms with van der Waals surface area (Å²) in [5, 5.41) is 2.75. The zero-order chi connectivity index (χ0) is 15.0. The summed E-state index contributed by atoms with van der Waals surface area (Å²) < 4.78 is 0. The fraction of sp³-hybridized carbons (Fsp3) is 0.769. The number of hydrogen-bond acceptors (Lipinski definition) is 3. The fourth-order valence-electron chi connectivity index (χ4n) is 2.44. The first-order valence-corrected chi connectivity index (χ1v) is 7.15. The molecule has 7 heteroatoms. The highest BCUT2D eigenvalue weighted by molar-refractivity contribution is 5.87. The monoisotopic (exact) mass is 283 g/mol. The Morgan fingerprint density at radius 1 is 1.15 bits per heavy atom. The number of primary amides is 1. The van der Waals surface area contributed by atoms with E-state index in [1.54, 1.807) is 0 Å². The van der Waals surface area contributed by atoms with Crippen molar-refractivity contribution in [3.63, 3.8) is 0 Å². The summed E-state index contributed by atoms with van der Waals surface area (Å²) >= 11 is 0. The van der Waals surface area contributed by atoms with Gasteiger partial charge in [-0.2, -0.15) is 0 Å². The Labute approximate surface area is 119 Å². The van der Waals surface area contributed by atoms with E-state index in [1.807, 2.05) is 0 Å². The van der Waals surface area contributed by atoms with Crippen LogP contribution in [-0.2, 0) is 9.59 Å². The van der Waals surface area contributed by atoms with Crippen molar-refractivity contribution in [3.05, 3.63) is 0 Å². The van der Waals surface area contributed by atoms with Gasteiger partial charge < -0.3 is 22.5 Å². The zero-order valence-corrected chi connectivity index (χ0v) is 11.8. The van der Waals surface area contributed by atoms with Gasteiger partial charge in [0.15, 0.2) is 5.96 Å². The predicted octanol–water partition coefficient (Wildman–Crippen LogP) is -0.410. The average molecular weight is 283 g/mol. The number of guanidine groups is 1. The van der Waals surface area contributed by atoms with E-state index in [4.69, 9.17) is 17.2 Å². The normalized spacial score (nSPS) is 17.2. The molecule has 0 spiro atoms. The summed E-state index contributed by atoms with van der Waals surface area (Å²) in [5.41, 5.74) is 15.7. The molecule has 0 aromatic heterocycles. The number of nitrogens with two attached hydrogens (primary N) is 3. The smallest absolute Gasteiger partial charge is 0.240 e. The quantitative estimate of drug-likeness (QED) is 0.287. The first kappa shape index (κ1) is 16.3. The molecule has 7 N–H and O–H groups in total. The third kappa shape index (κ3) is 5.90. The van der Waals surface area contributed by atoms with E-state index in [0.717, 1.165) is 25.7 Å². The lowest BCUT2D eigenvalue weighted by atomic mass is 9.88. The summed E-state index contributed by atoms with van der Waals surface area (Å²) in [6, 6.07) is -0.640. The van der Waals surface area contributed by atoms with E-state index in [-0.39, 0.29) is 17.8 Å². The van der Waals surface area contributed by atoms with Gasteiger partial charge >= 0.3 is 0 Å². The van der Waals surface area contributed by atoms with Crippen LogP contribution in [0.25, 0.3) is 0 Å². The number of nitrogens with zero attached hydrogens (tertiary/aromatic N) is 1. The minimum Gasteiger partial charge on any atom is -0.370 e. The van der Waals surface area contributed by atoms with Crippen LogP contribution in [0.3, 0.4) is 0 Å². The van der Waals surface area contributed by atoms with E-state index < -0.39 is 11.9 Å². The van der Waals surface area contributed by atoms with Gasteiger partial charge in [-0.1, -0.05) is 19.3 Å². The van der Waals surface area contributed by atoms with Gasteiger partial charge in [0.2, 0.25) is 11.8 Å². The molecule has 1 aliphatic rings. The third-order valence-corrected chi connectivity index (χ3v) is 3.58. The van der Waals surface area contributed by atoms with Gasteiger partial charge in [0.1, 0.15) is 6.04 Å². The van der Waals surface area contributed by atoms with Crippen molar-refractivity contribution in [1.29, 1.82) is 0 Å². The van der Waals surface area contributed by atoms with Crippen molar-refractivity contribution in [1.82, 2.24) is 5.32 Å². The molecule has 0 heterocycles. The van der Waals surface area contributed by atoms with E-state index in [0.29, 0.717) is 19.4 Å². The van der Waals surface area contributed by atoms with Crippen LogP contribution >= 0.6 is 0 Å². The van der Waals surface area contributed by atoms with Crippen LogP contribution in [-0.4, -0.2) is 30.4 Å². The minimum absolute atomic E-state index is 0.0170. The van der Waals surface area contributed by atoms with Crippen LogP contribution in [0.15, 0.2) is 4.99 Å². The number of carbonyl (C=O) groups is 2. The summed E-state index contributed by atoms with van der Waals surface area (Å²) in [6.45, 7) is 0.422. The van der Waals surface area contributed by atoms with E-state index in [9.17, 15) is 9.59 Å². The highest BCUT2D eigenvalue weighted by Gasteiger charge is 2.25. The largest absolute Gasteiger partial charge is 0.370 e. The Bertz CT molecular complexity index is 360. The van der Waals surface area contributed by atoms with Crippen LogP contribution < -0.4 is 22.5 Å². The molecule has 0 radical (unpaired) electrons. The van der Waals surface area contributed by atoms with Gasteiger partial charge in [0.25, 0.3) is 0 Å². The number of rotatable bonds is 7. The number of aliphatic imine (C=N–C) groups is 1. The standard InChI is InChI=1S/C13H25N5O2/c14-11(19)10(7-4-8-17-13(15)16)18-12(20)9-5-2-1-3-6-9/h9-10H,1-8H2,(H2,14,19)(H,18,20)(H4,15,16,17). The molecule has 1 atom stereocenters. The van der Waals surface area contributed by atoms with Gasteiger partial charge in [-0.3, -0.25) is 14.6 Å². The highest BCUT2D eigenvalue weighted by Crippen LogP contribution is 2.23. The number of amides is 2. The highest BCUT2D eigenvalue weighted by atomic mass is 16.2. The molecule has 1 fully saturated rings. The van der Waals surface area contributed by atoms with Gasteiger partial charge in [-0.15, -0.1) is 0 Å². The average Bonchev–Trinajstić information content (AvgIpc) is 2.42. The molecule has 0 aliphatic heterocycles. The number of carbonyl (C=O) groups excluding carboxylic acids is 2. The van der Waals surface area contributed by atoms with Gasteiger partial charge in [-0.05, 0) is 25.7 Å². The minimum atomic E-state index is -0.640. The molecule has 7 nitrogen and oxygen atoms in total. The molecule has 1 aliphatic carbocycles. The molecule has 114 valence electrons. The van der Waals surface area contributed by atoms with Crippen molar-refractivity contribution in [2.75, 3.05) is 6.54 Å². The second kappa shape index (κ2) is 8.39. The van der Waals surface area contributed by atoms with Gasteiger partial charge in [-0.25, -0.2) is 0 Å². The summed E-state index contributed by atoms with van der Waals surface area (Å²) in [5.74, 6) is -0.538. The van der Waals surface area contributed by atoms with Crippen LogP contribution in [0.1, 0.15) is 44.9 Å². The van der Waals surface area contributed by atoms with E-state index >= 15 is 0 Å². The topological polar surface area (TPSA) is 137 Å². The summed E-state index contributed by atoms with van der Waals surface area (Å²) in [7, 11) is 0. The maximum Gasteiger partial charge on any atom is 0.240 e. The van der Waals surface area contributed by atoms with Gasteiger partial charge in [0.05, 0.1) is 0 Å². The van der Waals surface area contributed by atoms with E-state index in [1.165, 1.54) is 6.42 Å². The maximum absolute atomic E-state index is 12.1. The molecule has 0 aromatic carbocycles. The third-order valence-electron chi connectivity index (χ3n) is 3.58. The fourth-order valence-corrected chi connectivity index (χ4v) is 2.44. The first-order chi connectivity index (χ1) is 9.50. The summed E-state index contributed by atoms with van der Waals surface area (Å²) in [4.78, 5) is 27.3. The molecular weight excluding hydrogens is 258 g/mol. The Hall–Kier alpha value is -1.79. The number of nitrogens with one attached hydrogen (secondary N) is 1. The Kier molecular flexibility index (Phi) is 6.83. The lowest BCUT2D eigenvalue weighted by molar-refractivity contribution is -0.130. The number of hydrogen-bond donors (Lipinski definition) is 4. The van der Waals surface area contributed by atoms with Crippen LogP contribution in [0, 0.1) is 5.92 Å². The molecule has 0 saturated heterocycles. The zero-order valence-electron chi connectivity index (χ0n) is 11.8. The van der Waals surface area contributed by atoms with Crippen molar-refractivity contribution >= 4 is 17.8 Å². The molecule has 1 unspecified atom stereocenters. The lowest BCUT2D eigenvalue weighted by Gasteiger charge is -2.23. The predicted molar refractivity (Wildman–Crippen MR) is 77.6 cm³/mol. The second-order valence-electron chi connectivity index (χ2n) is 5.25. The maximum atomic E-state index is 12.1. The molecular formula is C13H25N5O2. The molecule has 1 saturated carbocycles. The van der Waals surface area contributed by atoms with Crippen molar-refractivity contribution < 1.29 is 9.59 Å². The van der Waals surface area contributed by atoms with Crippen LogP contribution in [0.2, 0.25) is 0 Å². The van der Waals surface area contributed by atoms with Crippen LogP contribution in [0.4, 0.5) is 0 Å². The van der Waals surface area contributed by atoms with Gasteiger partial charge in [0, 0.05) is 12.5 Å². The van der Waals surface area contributed by atoms with E-state index in [2.05, 4.69) is 10.3 Å². The SMILES string of the molecule is NC(=O)C(CCCN=C(N)N)NC(=O)C1CCCCC1. The Morgan fingerprint density at radius 2 is 1.80 bits per heavy atom.